The molecule has 1 fully saturated rings. The second kappa shape index (κ2) is 10.5. The van der Waals surface area contributed by atoms with Crippen LogP contribution in [-0.4, -0.2) is 66.4 Å². The first-order chi connectivity index (χ1) is 18.4. The number of nitro groups is 1. The molecule has 10 nitrogen and oxygen atoms in total. The maximum absolute atomic E-state index is 13.1. The van der Waals surface area contributed by atoms with E-state index < -0.39 is 4.92 Å². The Morgan fingerprint density at radius 3 is 2.39 bits per heavy atom. The number of rotatable bonds is 6. The molecule has 0 bridgehead atoms. The van der Waals surface area contributed by atoms with Gasteiger partial charge in [-0.1, -0.05) is 19.1 Å². The van der Waals surface area contributed by atoms with E-state index in [4.69, 9.17) is 4.74 Å². The predicted octanol–water partition coefficient (Wildman–Crippen LogP) is 4.29. The highest BCUT2D eigenvalue weighted by atomic mass is 16.6. The first-order valence-corrected chi connectivity index (χ1v) is 12.5. The van der Waals surface area contributed by atoms with Crippen molar-refractivity contribution in [2.45, 2.75) is 13.3 Å². The number of ether oxygens (including phenoxy) is 1. The zero-order valence-corrected chi connectivity index (χ0v) is 21.3. The van der Waals surface area contributed by atoms with Crippen LogP contribution in [-0.2, 0) is 11.2 Å². The fourth-order valence-corrected chi connectivity index (χ4v) is 4.88. The molecular formula is C28H29N5O5. The van der Waals surface area contributed by atoms with Crippen LogP contribution in [0.1, 0.15) is 22.8 Å². The molecule has 196 valence electrons. The predicted molar refractivity (Wildman–Crippen MR) is 145 cm³/mol. The number of nitrogens with one attached hydrogen (secondary N) is 2. The fourth-order valence-electron chi connectivity index (χ4n) is 4.88. The average molecular weight is 516 g/mol. The lowest BCUT2D eigenvalue weighted by Crippen LogP contribution is -2.48. The summed E-state index contributed by atoms with van der Waals surface area (Å²) in [6.45, 7) is 6.36. The smallest absolute Gasteiger partial charge is 0.310 e. The molecule has 0 aliphatic carbocycles. The van der Waals surface area contributed by atoms with Crippen LogP contribution >= 0.6 is 0 Å². The van der Waals surface area contributed by atoms with Gasteiger partial charge in [0.2, 0.25) is 5.91 Å². The van der Waals surface area contributed by atoms with Crippen molar-refractivity contribution in [1.82, 2.24) is 9.80 Å². The van der Waals surface area contributed by atoms with Crippen molar-refractivity contribution >= 4 is 34.6 Å². The number of piperazine rings is 1. The summed E-state index contributed by atoms with van der Waals surface area (Å²) < 4.78 is 5.20. The summed E-state index contributed by atoms with van der Waals surface area (Å²) in [7, 11) is 1.39. The second-order valence-corrected chi connectivity index (χ2v) is 9.35. The zero-order chi connectivity index (χ0) is 26.8. The van der Waals surface area contributed by atoms with Crippen molar-refractivity contribution in [3.63, 3.8) is 0 Å². The van der Waals surface area contributed by atoms with Gasteiger partial charge in [0, 0.05) is 32.2 Å². The van der Waals surface area contributed by atoms with Crippen molar-refractivity contribution in [2.24, 2.45) is 0 Å². The lowest BCUT2D eigenvalue weighted by atomic mass is 10.0. The lowest BCUT2D eigenvalue weighted by molar-refractivity contribution is -0.385. The fraction of sp³-hybridized carbons (Fsp3) is 0.286. The van der Waals surface area contributed by atoms with Crippen LogP contribution < -0.4 is 15.4 Å². The third-order valence-electron chi connectivity index (χ3n) is 7.10. The van der Waals surface area contributed by atoms with E-state index in [1.54, 1.807) is 24.3 Å². The van der Waals surface area contributed by atoms with E-state index in [0.29, 0.717) is 22.6 Å². The standard InChI is InChI=1S/C28H29N5O5/c1-3-31-10-12-32(13-11-31)27(34)15-18-4-8-22-24(14-18)30-28(35)21-7-5-19(16-23(21)29-22)20-6-9-25(33(36)37)26(17-20)38-2/h4-9,14,16-17,29H,3,10-13,15H2,1-2H3,(H,30,35). The molecule has 2 aliphatic rings. The Morgan fingerprint density at radius 2 is 1.68 bits per heavy atom. The molecule has 0 atom stereocenters. The number of hydrogen-bond acceptors (Lipinski definition) is 7. The molecule has 5 rings (SSSR count). The molecule has 38 heavy (non-hydrogen) atoms. The van der Waals surface area contributed by atoms with E-state index in [-0.39, 0.29) is 29.7 Å². The van der Waals surface area contributed by atoms with E-state index in [1.807, 2.05) is 29.2 Å². The molecule has 0 radical (unpaired) electrons. The zero-order valence-electron chi connectivity index (χ0n) is 21.3. The number of fused-ring (bicyclic) bond motifs is 2. The van der Waals surface area contributed by atoms with Crippen LogP contribution in [0.3, 0.4) is 0 Å². The maximum Gasteiger partial charge on any atom is 0.310 e. The highest BCUT2D eigenvalue weighted by Crippen LogP contribution is 2.37. The Bertz CT molecular complexity index is 1410. The monoisotopic (exact) mass is 515 g/mol. The van der Waals surface area contributed by atoms with Crippen molar-refractivity contribution in [3.8, 4) is 16.9 Å². The maximum atomic E-state index is 13.1. The van der Waals surface area contributed by atoms with Crippen molar-refractivity contribution < 1.29 is 19.2 Å². The van der Waals surface area contributed by atoms with E-state index >= 15 is 0 Å². The van der Waals surface area contributed by atoms with Gasteiger partial charge in [0.25, 0.3) is 5.91 Å². The number of carbonyl (C=O) groups is 2. The summed E-state index contributed by atoms with van der Waals surface area (Å²) in [5, 5.41) is 17.5. The van der Waals surface area contributed by atoms with E-state index in [0.717, 1.165) is 49.4 Å². The minimum absolute atomic E-state index is 0.0834. The third-order valence-corrected chi connectivity index (χ3v) is 7.10. The highest BCUT2D eigenvalue weighted by Gasteiger charge is 2.23. The molecule has 0 spiro atoms. The van der Waals surface area contributed by atoms with E-state index in [2.05, 4.69) is 22.5 Å². The van der Waals surface area contributed by atoms with Gasteiger partial charge in [0.1, 0.15) is 0 Å². The number of carbonyl (C=O) groups excluding carboxylic acids is 2. The minimum atomic E-state index is -0.489. The number of benzene rings is 3. The summed E-state index contributed by atoms with van der Waals surface area (Å²) >= 11 is 0. The van der Waals surface area contributed by atoms with Crippen molar-refractivity contribution in [1.29, 1.82) is 0 Å². The van der Waals surface area contributed by atoms with Gasteiger partial charge in [-0.2, -0.15) is 0 Å². The van der Waals surface area contributed by atoms with Crippen LogP contribution in [0.15, 0.2) is 54.6 Å². The molecule has 2 aliphatic heterocycles. The van der Waals surface area contributed by atoms with Gasteiger partial charge < -0.3 is 25.2 Å². The number of hydrogen-bond donors (Lipinski definition) is 2. The van der Waals surface area contributed by atoms with Gasteiger partial charge in [-0.15, -0.1) is 0 Å². The molecule has 10 heteroatoms. The molecule has 2 N–H and O–H groups in total. The van der Waals surface area contributed by atoms with E-state index in [1.165, 1.54) is 13.2 Å². The number of anilines is 3. The molecule has 3 aromatic rings. The second-order valence-electron chi connectivity index (χ2n) is 9.35. The molecule has 0 unspecified atom stereocenters. The summed E-state index contributed by atoms with van der Waals surface area (Å²) in [4.78, 5) is 40.9. The van der Waals surface area contributed by atoms with Crippen LogP contribution in [0.4, 0.5) is 22.7 Å². The molecule has 0 aromatic heterocycles. The van der Waals surface area contributed by atoms with Gasteiger partial charge in [0.05, 0.1) is 41.1 Å². The minimum Gasteiger partial charge on any atom is -0.490 e. The lowest BCUT2D eigenvalue weighted by Gasteiger charge is -2.34. The van der Waals surface area contributed by atoms with Gasteiger partial charge >= 0.3 is 5.69 Å². The first kappa shape index (κ1) is 25.2. The largest absolute Gasteiger partial charge is 0.490 e. The summed E-state index contributed by atoms with van der Waals surface area (Å²) in [5.41, 5.74) is 4.59. The van der Waals surface area contributed by atoms with Crippen LogP contribution in [0.2, 0.25) is 0 Å². The highest BCUT2D eigenvalue weighted by molar-refractivity contribution is 6.12. The number of likely N-dealkylation sites (N-methyl/N-ethyl adjacent to an activating group) is 1. The number of amides is 2. The van der Waals surface area contributed by atoms with E-state index in [9.17, 15) is 19.7 Å². The number of nitro benzene ring substituents is 1. The Hall–Kier alpha value is -4.44. The van der Waals surface area contributed by atoms with Crippen LogP contribution in [0.5, 0.6) is 5.75 Å². The van der Waals surface area contributed by atoms with Crippen LogP contribution in [0.25, 0.3) is 11.1 Å². The summed E-state index contributed by atoms with van der Waals surface area (Å²) in [6.07, 6.45) is 0.272. The third kappa shape index (κ3) is 5.03. The Kier molecular flexibility index (Phi) is 6.97. The Labute approximate surface area is 220 Å². The topological polar surface area (TPSA) is 117 Å². The molecule has 1 saturated heterocycles. The van der Waals surface area contributed by atoms with Gasteiger partial charge in [-0.25, -0.2) is 0 Å². The normalized spacial score (nSPS) is 15.0. The van der Waals surface area contributed by atoms with Crippen molar-refractivity contribution in [3.05, 3.63) is 75.8 Å². The molecule has 2 amide bonds. The molecule has 2 heterocycles. The Balaban J connectivity index is 1.37. The summed E-state index contributed by atoms with van der Waals surface area (Å²) in [6, 6.07) is 15.6. The van der Waals surface area contributed by atoms with Crippen LogP contribution in [0, 0.1) is 10.1 Å². The molecular weight excluding hydrogens is 486 g/mol. The first-order valence-electron chi connectivity index (χ1n) is 12.5. The number of nitrogens with zero attached hydrogens (tertiary/aromatic N) is 3. The number of methoxy groups -OCH3 is 1. The summed E-state index contributed by atoms with van der Waals surface area (Å²) in [5.74, 6) is -0.0221. The van der Waals surface area contributed by atoms with Gasteiger partial charge in [-0.05, 0) is 59.6 Å². The van der Waals surface area contributed by atoms with Gasteiger partial charge in [-0.3, -0.25) is 19.7 Å². The average Bonchev–Trinajstić information content (AvgIpc) is 3.07. The van der Waals surface area contributed by atoms with Crippen molar-refractivity contribution in [2.75, 3.05) is 50.5 Å². The quantitative estimate of drug-likeness (QED) is 0.372. The SMILES string of the molecule is CCN1CCN(C(=O)Cc2ccc3c(c2)NC(=O)c2ccc(-c4ccc([N+](=O)[O-])c(OC)c4)cc2N3)CC1. The molecule has 0 saturated carbocycles. The van der Waals surface area contributed by atoms with Gasteiger partial charge in [0.15, 0.2) is 5.75 Å². The Morgan fingerprint density at radius 1 is 0.947 bits per heavy atom. The molecule has 3 aromatic carbocycles.